The zero-order valence-corrected chi connectivity index (χ0v) is 38.4. The third kappa shape index (κ3) is 9.12. The molecule has 0 aliphatic heterocycles. The van der Waals surface area contributed by atoms with Crippen LogP contribution in [0.1, 0.15) is 88.1 Å². The molecule has 7 nitrogen and oxygen atoms in total. The van der Waals surface area contributed by atoms with Crippen LogP contribution < -0.4 is 9.47 Å². The molecule has 59 heavy (non-hydrogen) atoms. The zero-order chi connectivity index (χ0) is 40.0. The van der Waals surface area contributed by atoms with E-state index in [9.17, 15) is 0 Å². The van der Waals surface area contributed by atoms with Crippen LogP contribution in [0.4, 0.5) is 0 Å². The fourth-order valence-electron chi connectivity index (χ4n) is 6.90. The maximum atomic E-state index is 6.68. The first-order valence-corrected chi connectivity index (χ1v) is 19.4. The monoisotopic (exact) mass is 1050 g/mol. The maximum absolute atomic E-state index is 6.68. The van der Waals surface area contributed by atoms with E-state index in [0.29, 0.717) is 28.9 Å². The van der Waals surface area contributed by atoms with Gasteiger partial charge in [-0.25, -0.2) is 9.97 Å². The maximum Gasteiger partial charge on any atom is 2.00 e. The summed E-state index contributed by atoms with van der Waals surface area (Å²) in [5.41, 5.74) is 10.2. The van der Waals surface area contributed by atoms with Gasteiger partial charge in [0.2, 0.25) is 5.95 Å². The number of hydrogen-bond acceptors (Lipinski definition) is 6. The Labute approximate surface area is 375 Å². The second-order valence-corrected chi connectivity index (χ2v) is 16.3. The van der Waals surface area contributed by atoms with Gasteiger partial charge >= 0.3 is 41.5 Å². The van der Waals surface area contributed by atoms with Crippen molar-refractivity contribution in [2.45, 2.75) is 79.6 Å². The number of aromatic nitrogens is 5. The molecule has 0 bridgehead atoms. The molecule has 8 aromatic rings. The topological polar surface area (TPSA) is 75.0 Å². The standard InChI is InChI=1S/C50H45N5O2.Pd.Pt/c1-30(2)39-14-10-34(43-22-32(5)18-20-51-43)24-47(39)56-37-12-16-41-42-17-13-38(27-46(42)55(45(41)26-37)49-53-28-36(29-54-49)50(7,8)9)57-48-25-35(11-15-40(48)31(3)4)44-23-33(6)19-21-52-44;;/h10-23,28-31H,1-9H3;;/q-4;2*+2. The fourth-order valence-corrected chi connectivity index (χ4v) is 6.90. The van der Waals surface area contributed by atoms with Crippen molar-refractivity contribution in [3.05, 3.63) is 150 Å². The van der Waals surface area contributed by atoms with Gasteiger partial charge in [-0.3, -0.25) is 0 Å². The van der Waals surface area contributed by atoms with Crippen LogP contribution in [0, 0.1) is 38.1 Å². The van der Waals surface area contributed by atoms with Gasteiger partial charge in [-0.2, -0.15) is 22.9 Å². The summed E-state index contributed by atoms with van der Waals surface area (Å²) >= 11 is 0. The second kappa shape index (κ2) is 17.7. The van der Waals surface area contributed by atoms with Gasteiger partial charge in [0.05, 0.1) is 0 Å². The molecule has 0 atom stereocenters. The average Bonchev–Trinajstić information content (AvgIpc) is 3.50. The molecular weight excluding hydrogens is 1000 g/mol. The van der Waals surface area contributed by atoms with E-state index in [0.717, 1.165) is 72.1 Å². The molecule has 0 aliphatic rings. The van der Waals surface area contributed by atoms with E-state index in [1.807, 2.05) is 53.6 Å². The Morgan fingerprint density at radius 3 is 1.41 bits per heavy atom. The summed E-state index contributed by atoms with van der Waals surface area (Å²) in [6.45, 7) is 19.2. The Morgan fingerprint density at radius 1 is 0.576 bits per heavy atom. The zero-order valence-electron chi connectivity index (χ0n) is 34.6. The molecule has 0 amide bonds. The first kappa shape index (κ1) is 43.6. The quantitative estimate of drug-likeness (QED) is 0.106. The van der Waals surface area contributed by atoms with Gasteiger partial charge in [0.25, 0.3) is 0 Å². The third-order valence-corrected chi connectivity index (χ3v) is 10.2. The Bertz CT molecular complexity index is 2610. The molecule has 0 spiro atoms. The van der Waals surface area contributed by atoms with Crippen LogP contribution >= 0.6 is 0 Å². The van der Waals surface area contributed by atoms with Crippen LogP contribution in [-0.4, -0.2) is 24.5 Å². The molecule has 0 aliphatic carbocycles. The third-order valence-electron chi connectivity index (χ3n) is 10.2. The van der Waals surface area contributed by atoms with Crippen molar-refractivity contribution >= 4 is 21.8 Å². The van der Waals surface area contributed by atoms with Crippen molar-refractivity contribution in [1.29, 1.82) is 0 Å². The molecule has 4 heterocycles. The number of benzene rings is 4. The van der Waals surface area contributed by atoms with E-state index < -0.39 is 0 Å². The van der Waals surface area contributed by atoms with Crippen molar-refractivity contribution in [3.8, 4) is 51.5 Å². The number of nitrogens with zero attached hydrogens (tertiary/aromatic N) is 5. The van der Waals surface area contributed by atoms with Crippen LogP contribution in [0.2, 0.25) is 0 Å². The van der Waals surface area contributed by atoms with E-state index in [1.54, 1.807) is 0 Å². The van der Waals surface area contributed by atoms with E-state index >= 15 is 0 Å². The van der Waals surface area contributed by atoms with Crippen molar-refractivity contribution in [2.75, 3.05) is 0 Å². The predicted molar refractivity (Wildman–Crippen MR) is 228 cm³/mol. The number of rotatable bonds is 9. The van der Waals surface area contributed by atoms with Crippen LogP contribution in [0.3, 0.4) is 0 Å². The summed E-state index contributed by atoms with van der Waals surface area (Å²) in [6, 6.07) is 38.6. The average molecular weight is 1050 g/mol. The Hall–Kier alpha value is -4.99. The predicted octanol–water partition coefficient (Wildman–Crippen LogP) is 12.6. The minimum Gasteiger partial charge on any atom is -0.503 e. The summed E-state index contributed by atoms with van der Waals surface area (Å²) in [5, 5.41) is 1.91. The van der Waals surface area contributed by atoms with Crippen LogP contribution in [-0.2, 0) is 46.9 Å². The molecule has 0 N–H and O–H groups in total. The van der Waals surface area contributed by atoms with E-state index in [1.165, 1.54) is 0 Å². The Balaban J connectivity index is 0.00000293. The molecule has 0 saturated heterocycles. The molecule has 0 saturated carbocycles. The minimum atomic E-state index is -0.111. The van der Waals surface area contributed by atoms with Crippen LogP contribution in [0.5, 0.6) is 23.0 Å². The number of pyridine rings is 2. The normalized spacial score (nSPS) is 11.5. The van der Waals surface area contributed by atoms with E-state index in [-0.39, 0.29) is 58.7 Å². The van der Waals surface area contributed by atoms with E-state index in [2.05, 4.69) is 145 Å². The van der Waals surface area contributed by atoms with Crippen LogP contribution in [0.15, 0.2) is 97.6 Å². The number of fused-ring (bicyclic) bond motifs is 3. The summed E-state index contributed by atoms with van der Waals surface area (Å²) in [4.78, 5) is 19.0. The second-order valence-electron chi connectivity index (χ2n) is 16.3. The fraction of sp³-hybridized carbons (Fsp3) is 0.240. The summed E-state index contributed by atoms with van der Waals surface area (Å²) in [6.07, 6.45) is 7.43. The Morgan fingerprint density at radius 2 is 1.02 bits per heavy atom. The molecule has 0 radical (unpaired) electrons. The van der Waals surface area contributed by atoms with Gasteiger partial charge in [-0.15, -0.1) is 59.7 Å². The van der Waals surface area contributed by atoms with Gasteiger partial charge in [-0.05, 0) is 48.3 Å². The summed E-state index contributed by atoms with van der Waals surface area (Å²) in [5.74, 6) is 3.26. The van der Waals surface area contributed by atoms with Crippen LogP contribution in [0.25, 0.3) is 50.3 Å². The van der Waals surface area contributed by atoms with Crippen molar-refractivity contribution in [2.24, 2.45) is 0 Å². The van der Waals surface area contributed by atoms with Gasteiger partial charge in [0.15, 0.2) is 0 Å². The van der Waals surface area contributed by atoms with Crippen molar-refractivity contribution < 1.29 is 51.0 Å². The van der Waals surface area contributed by atoms with Gasteiger partial charge < -0.3 is 24.0 Å². The van der Waals surface area contributed by atoms with Gasteiger partial charge in [0.1, 0.15) is 0 Å². The number of hydrogen-bond donors (Lipinski definition) is 0. The summed E-state index contributed by atoms with van der Waals surface area (Å²) in [7, 11) is 0. The van der Waals surface area contributed by atoms with Gasteiger partial charge in [-0.1, -0.05) is 118 Å². The molecule has 4 aromatic heterocycles. The first-order valence-electron chi connectivity index (χ1n) is 19.4. The smallest absolute Gasteiger partial charge is 0.503 e. The Kier molecular flexibility index (Phi) is 13.1. The largest absolute Gasteiger partial charge is 2.00 e. The molecule has 0 fully saturated rings. The summed E-state index contributed by atoms with van der Waals surface area (Å²) < 4.78 is 15.3. The van der Waals surface area contributed by atoms with Crippen molar-refractivity contribution in [1.82, 2.24) is 24.5 Å². The molecule has 4 aromatic carbocycles. The minimum absolute atomic E-state index is 0. The van der Waals surface area contributed by atoms with Crippen molar-refractivity contribution in [3.63, 3.8) is 0 Å². The SMILES string of the molecule is Cc1ccnc(-c2[c-]c(Oc3[c-]c4c(cc3)c3ccc(Oc5[c-]c(-c6cc(C)ccn6)ccc5C(C)C)[c-]c3n4-c3ncc(C(C)(C)C)cn3)c(C(C)C)cc2)c1.[Pd+2].[Pt+2]. The molecule has 0 unspecified atom stereocenters. The number of aryl methyl sites for hydroxylation is 2. The van der Waals surface area contributed by atoms with E-state index in [4.69, 9.17) is 19.4 Å². The van der Waals surface area contributed by atoms with Gasteiger partial charge in [0, 0.05) is 47.8 Å². The number of ether oxygens (including phenoxy) is 2. The molecule has 9 heteroatoms. The molecule has 8 rings (SSSR count). The molecular formula is C50H45N5O2PdPt. The first-order chi connectivity index (χ1) is 27.3. The molecule has 302 valence electrons.